The summed E-state index contributed by atoms with van der Waals surface area (Å²) in [6.45, 7) is 1.08. The number of aliphatic carboxylic acids is 1. The topological polar surface area (TPSA) is 37.3 Å². The zero-order valence-electron chi connectivity index (χ0n) is 17.6. The van der Waals surface area contributed by atoms with Crippen LogP contribution in [0.3, 0.4) is 0 Å². The van der Waals surface area contributed by atoms with Gasteiger partial charge in [-0.3, -0.25) is 4.79 Å². The summed E-state index contributed by atoms with van der Waals surface area (Å²) >= 11 is 4.76. The predicted octanol–water partition coefficient (Wildman–Crippen LogP) is 7.82. The van der Waals surface area contributed by atoms with Gasteiger partial charge in [0.25, 0.3) is 5.97 Å². The van der Waals surface area contributed by atoms with Crippen LogP contribution in [0.15, 0.2) is 84.9 Å². The quantitative estimate of drug-likeness (QED) is 0.171. The van der Waals surface area contributed by atoms with E-state index in [-0.39, 0.29) is 0 Å². The first-order chi connectivity index (χ1) is 15.4. The Morgan fingerprint density at radius 3 is 1.38 bits per heavy atom. The van der Waals surface area contributed by atoms with Crippen LogP contribution in [-0.4, -0.2) is 11.1 Å². The summed E-state index contributed by atoms with van der Waals surface area (Å²) in [6, 6.07) is 30.8. The smallest absolute Gasteiger partial charge is 0.300 e. The van der Waals surface area contributed by atoms with Crippen LogP contribution in [0.25, 0.3) is 22.3 Å². The molecule has 4 heteroatoms. The van der Waals surface area contributed by atoms with E-state index in [2.05, 4.69) is 130 Å². The Morgan fingerprint density at radius 2 is 0.969 bits per heavy atom. The maximum Gasteiger partial charge on any atom is 0.300 e. The molecule has 0 heterocycles. The standard InChI is InChI=1S/C13H8I2.C13H10.C2H4O2/c14-10-3-1-8-5-9-2-4-11(15)7-13(9)12(8)6-10;1-3-7-12-10(5-1)9-11-6-2-4-8-13(11)12;1-2(3)4/h1-4,6-7H,5H2;1-8H,9H2;1H3,(H,3,4). The Labute approximate surface area is 216 Å². The summed E-state index contributed by atoms with van der Waals surface area (Å²) < 4.78 is 2.64. The van der Waals surface area contributed by atoms with Gasteiger partial charge in [0.2, 0.25) is 0 Å². The van der Waals surface area contributed by atoms with Crippen LogP contribution in [0.1, 0.15) is 29.2 Å². The molecule has 0 saturated carbocycles. The van der Waals surface area contributed by atoms with E-state index in [1.54, 1.807) is 0 Å². The molecule has 4 aromatic rings. The Kier molecular flexibility index (Phi) is 7.30. The molecule has 0 unspecified atom stereocenters. The van der Waals surface area contributed by atoms with E-state index in [1.165, 1.54) is 51.6 Å². The molecule has 2 aliphatic carbocycles. The minimum Gasteiger partial charge on any atom is -0.481 e. The number of halogens is 2. The van der Waals surface area contributed by atoms with Gasteiger partial charge in [0.1, 0.15) is 0 Å². The first-order valence-electron chi connectivity index (χ1n) is 10.4. The minimum absolute atomic E-state index is 0.833. The molecule has 160 valence electrons. The van der Waals surface area contributed by atoms with E-state index in [0.29, 0.717) is 0 Å². The van der Waals surface area contributed by atoms with Crippen molar-refractivity contribution >= 4 is 51.2 Å². The molecule has 0 atom stereocenters. The molecule has 0 fully saturated rings. The lowest BCUT2D eigenvalue weighted by Crippen LogP contribution is -1.80. The molecule has 0 amide bonds. The van der Waals surface area contributed by atoms with Gasteiger partial charge in [-0.15, -0.1) is 0 Å². The molecular formula is C28H22I2O2. The minimum atomic E-state index is -0.833. The lowest BCUT2D eigenvalue weighted by molar-refractivity contribution is -0.134. The monoisotopic (exact) mass is 644 g/mol. The van der Waals surface area contributed by atoms with Gasteiger partial charge in [0, 0.05) is 14.1 Å². The summed E-state index contributed by atoms with van der Waals surface area (Å²) in [5, 5.41) is 7.42. The average Bonchev–Trinajstić information content (AvgIpc) is 3.32. The first kappa shape index (κ1) is 23.0. The summed E-state index contributed by atoms with van der Waals surface area (Å²) in [7, 11) is 0. The van der Waals surface area contributed by atoms with Gasteiger partial charge in [0.15, 0.2) is 0 Å². The molecule has 0 spiro atoms. The molecular weight excluding hydrogens is 622 g/mol. The number of carboxylic acids is 1. The maximum absolute atomic E-state index is 9.00. The van der Waals surface area contributed by atoms with Gasteiger partial charge in [0.05, 0.1) is 0 Å². The third-order valence-electron chi connectivity index (χ3n) is 5.52. The molecule has 0 aromatic heterocycles. The SMILES string of the molecule is CC(=O)O.Ic1ccc2c(c1)-c1cc(I)ccc1C2.c1ccc2c(c1)Cc1ccccc1-2. The van der Waals surface area contributed by atoms with Crippen LogP contribution in [0.2, 0.25) is 0 Å². The van der Waals surface area contributed by atoms with Gasteiger partial charge in [-0.25, -0.2) is 0 Å². The van der Waals surface area contributed by atoms with Crippen molar-refractivity contribution in [2.75, 3.05) is 0 Å². The summed E-state index contributed by atoms with van der Waals surface area (Å²) in [5.41, 5.74) is 11.5. The number of carbonyl (C=O) groups is 1. The number of rotatable bonds is 0. The lowest BCUT2D eigenvalue weighted by atomic mass is 10.1. The summed E-state index contributed by atoms with van der Waals surface area (Å²) in [6.07, 6.45) is 2.20. The largest absolute Gasteiger partial charge is 0.481 e. The van der Waals surface area contributed by atoms with Crippen LogP contribution in [0.4, 0.5) is 0 Å². The highest BCUT2D eigenvalue weighted by Crippen LogP contribution is 2.38. The predicted molar refractivity (Wildman–Crippen MR) is 148 cm³/mol. The average molecular weight is 644 g/mol. The van der Waals surface area contributed by atoms with Gasteiger partial charge < -0.3 is 5.11 Å². The fraction of sp³-hybridized carbons (Fsp3) is 0.107. The third kappa shape index (κ3) is 5.23. The van der Waals surface area contributed by atoms with E-state index in [9.17, 15) is 0 Å². The number of fused-ring (bicyclic) bond motifs is 6. The van der Waals surface area contributed by atoms with E-state index < -0.39 is 5.97 Å². The molecule has 32 heavy (non-hydrogen) atoms. The molecule has 0 bridgehead atoms. The zero-order valence-corrected chi connectivity index (χ0v) is 21.9. The van der Waals surface area contributed by atoms with E-state index in [0.717, 1.165) is 19.8 Å². The van der Waals surface area contributed by atoms with Gasteiger partial charge in [-0.05, 0) is 127 Å². The molecule has 2 aliphatic rings. The van der Waals surface area contributed by atoms with Crippen molar-refractivity contribution in [3.63, 3.8) is 0 Å². The van der Waals surface area contributed by atoms with Crippen molar-refractivity contribution in [1.82, 2.24) is 0 Å². The second kappa shape index (κ2) is 10.2. The highest BCUT2D eigenvalue weighted by atomic mass is 127. The number of hydrogen-bond donors (Lipinski definition) is 1. The Hall–Kier alpha value is -2.19. The van der Waals surface area contributed by atoms with Crippen LogP contribution in [-0.2, 0) is 17.6 Å². The van der Waals surface area contributed by atoms with Crippen molar-refractivity contribution in [2.45, 2.75) is 19.8 Å². The fourth-order valence-electron chi connectivity index (χ4n) is 4.19. The van der Waals surface area contributed by atoms with E-state index in [4.69, 9.17) is 9.90 Å². The van der Waals surface area contributed by atoms with Gasteiger partial charge >= 0.3 is 0 Å². The van der Waals surface area contributed by atoms with Gasteiger partial charge in [-0.1, -0.05) is 60.7 Å². The normalized spacial score (nSPS) is 11.6. The molecule has 2 nitrogen and oxygen atoms in total. The lowest BCUT2D eigenvalue weighted by Gasteiger charge is -2.01. The molecule has 1 N–H and O–H groups in total. The molecule has 6 rings (SSSR count). The van der Waals surface area contributed by atoms with Crippen LogP contribution < -0.4 is 0 Å². The van der Waals surface area contributed by atoms with Crippen LogP contribution in [0, 0.1) is 7.14 Å². The molecule has 0 saturated heterocycles. The second-order valence-electron chi connectivity index (χ2n) is 7.79. The number of hydrogen-bond acceptors (Lipinski definition) is 1. The Balaban J connectivity index is 0.000000133. The Bertz CT molecular complexity index is 1200. The van der Waals surface area contributed by atoms with Crippen molar-refractivity contribution in [3.8, 4) is 22.3 Å². The van der Waals surface area contributed by atoms with E-state index in [1.807, 2.05) is 0 Å². The second-order valence-corrected chi connectivity index (χ2v) is 10.3. The van der Waals surface area contributed by atoms with Crippen LogP contribution in [0.5, 0.6) is 0 Å². The van der Waals surface area contributed by atoms with Crippen molar-refractivity contribution in [3.05, 3.63) is 114 Å². The Morgan fingerprint density at radius 1 is 0.625 bits per heavy atom. The highest BCUT2D eigenvalue weighted by molar-refractivity contribution is 14.1. The van der Waals surface area contributed by atoms with Gasteiger partial charge in [-0.2, -0.15) is 0 Å². The molecule has 0 aliphatic heterocycles. The number of carboxylic acid groups (broad SMARTS) is 1. The van der Waals surface area contributed by atoms with Crippen molar-refractivity contribution in [1.29, 1.82) is 0 Å². The summed E-state index contributed by atoms with van der Waals surface area (Å²) in [5.74, 6) is -0.833. The highest BCUT2D eigenvalue weighted by Gasteiger charge is 2.18. The third-order valence-corrected chi connectivity index (χ3v) is 6.86. The first-order valence-corrected chi connectivity index (χ1v) is 12.5. The fourth-order valence-corrected chi connectivity index (χ4v) is 5.17. The maximum atomic E-state index is 9.00. The molecule has 0 radical (unpaired) electrons. The number of benzene rings is 4. The van der Waals surface area contributed by atoms with Crippen molar-refractivity contribution in [2.24, 2.45) is 0 Å². The van der Waals surface area contributed by atoms with Crippen molar-refractivity contribution < 1.29 is 9.90 Å². The zero-order chi connectivity index (χ0) is 22.7. The molecule has 4 aromatic carbocycles. The van der Waals surface area contributed by atoms with Crippen LogP contribution >= 0.6 is 45.2 Å². The van der Waals surface area contributed by atoms with E-state index >= 15 is 0 Å². The summed E-state index contributed by atoms with van der Waals surface area (Å²) in [4.78, 5) is 9.00.